The van der Waals surface area contributed by atoms with Crippen LogP contribution in [0.3, 0.4) is 0 Å². The summed E-state index contributed by atoms with van der Waals surface area (Å²) in [5.41, 5.74) is 0.0207. The van der Waals surface area contributed by atoms with Crippen molar-refractivity contribution < 1.29 is 4.74 Å². The Kier molecular flexibility index (Phi) is 3.84. The van der Waals surface area contributed by atoms with Crippen molar-refractivity contribution in [2.75, 3.05) is 6.61 Å². The summed E-state index contributed by atoms with van der Waals surface area (Å²) < 4.78 is 9.26. The Labute approximate surface area is 131 Å². The van der Waals surface area contributed by atoms with E-state index in [4.69, 9.17) is 4.74 Å². The first kappa shape index (κ1) is 14.8. The third-order valence-corrected chi connectivity index (χ3v) is 3.37. The lowest BCUT2D eigenvalue weighted by Gasteiger charge is -2.07. The maximum atomic E-state index is 12.6. The van der Waals surface area contributed by atoms with Crippen LogP contribution in [0, 0.1) is 0 Å². The van der Waals surface area contributed by atoms with E-state index < -0.39 is 0 Å². The second-order valence-electron chi connectivity index (χ2n) is 4.85. The molecule has 3 rings (SSSR count). The van der Waals surface area contributed by atoms with Crippen molar-refractivity contribution in [1.29, 1.82) is 0 Å². The van der Waals surface area contributed by atoms with Gasteiger partial charge in [-0.05, 0) is 31.2 Å². The Balaban J connectivity index is 2.12. The van der Waals surface area contributed by atoms with Gasteiger partial charge in [-0.25, -0.2) is 13.9 Å². The molecule has 0 unspecified atom stereocenters. The summed E-state index contributed by atoms with van der Waals surface area (Å²) in [6, 6.07) is 7.14. The molecule has 0 atom stereocenters. The highest BCUT2D eigenvalue weighted by Gasteiger charge is 2.11. The van der Waals surface area contributed by atoms with E-state index in [9.17, 15) is 9.59 Å². The summed E-state index contributed by atoms with van der Waals surface area (Å²) in [6.45, 7) is 6.31. The number of hydrogen-bond donors (Lipinski definition) is 0. The Morgan fingerprint density at radius 2 is 1.96 bits per heavy atom. The summed E-state index contributed by atoms with van der Waals surface area (Å²) in [5, 5.41) is 4.07. The lowest BCUT2D eigenvalue weighted by Crippen LogP contribution is -2.23. The molecule has 0 saturated heterocycles. The average Bonchev–Trinajstić information content (AvgIpc) is 2.87. The topological polar surface area (TPSA) is 70.5 Å². The highest BCUT2D eigenvalue weighted by Crippen LogP contribution is 2.14. The predicted octanol–water partition coefficient (Wildman–Crippen LogP) is 1.23. The molecule has 0 aliphatic heterocycles. The van der Waals surface area contributed by atoms with E-state index in [1.807, 2.05) is 6.92 Å². The number of aromatic nitrogens is 4. The smallest absolute Gasteiger partial charge is 0.350 e. The third kappa shape index (κ3) is 2.57. The fraction of sp³-hybridized carbons (Fsp3) is 0.188. The maximum Gasteiger partial charge on any atom is 0.350 e. The van der Waals surface area contributed by atoms with Gasteiger partial charge in [0, 0.05) is 18.1 Å². The number of fused-ring (bicyclic) bond motifs is 1. The van der Waals surface area contributed by atoms with Crippen LogP contribution in [0.25, 0.3) is 11.3 Å². The van der Waals surface area contributed by atoms with Crippen LogP contribution in [-0.2, 0) is 6.54 Å². The summed E-state index contributed by atoms with van der Waals surface area (Å²) >= 11 is 0. The fourth-order valence-corrected chi connectivity index (χ4v) is 2.32. The highest BCUT2D eigenvalue weighted by molar-refractivity contribution is 5.42. The average molecular weight is 312 g/mol. The van der Waals surface area contributed by atoms with Gasteiger partial charge in [0.1, 0.15) is 5.75 Å². The van der Waals surface area contributed by atoms with Crippen LogP contribution >= 0.6 is 0 Å². The summed E-state index contributed by atoms with van der Waals surface area (Å²) in [6.07, 6.45) is 4.63. The van der Waals surface area contributed by atoms with Gasteiger partial charge in [0.25, 0.3) is 0 Å². The standard InChI is InChI=1S/C16H16N4O3/c1-3-9-20-16(22)19-11-10-18(15(21)14(19)17-20)12-5-7-13(8-6-12)23-4-2/h3,5-8,10-11H,1,4,9H2,2H3. The highest BCUT2D eigenvalue weighted by atomic mass is 16.5. The van der Waals surface area contributed by atoms with Crippen LogP contribution in [0.4, 0.5) is 0 Å². The molecular formula is C16H16N4O3. The van der Waals surface area contributed by atoms with Crippen molar-refractivity contribution in [3.05, 3.63) is 70.2 Å². The van der Waals surface area contributed by atoms with Gasteiger partial charge in [0.15, 0.2) is 0 Å². The molecule has 0 radical (unpaired) electrons. The Morgan fingerprint density at radius 3 is 2.61 bits per heavy atom. The third-order valence-electron chi connectivity index (χ3n) is 3.37. The Bertz CT molecular complexity index is 964. The number of nitrogens with zero attached hydrogens (tertiary/aromatic N) is 4. The van der Waals surface area contributed by atoms with Crippen molar-refractivity contribution in [1.82, 2.24) is 18.7 Å². The first-order chi connectivity index (χ1) is 11.2. The molecule has 7 nitrogen and oxygen atoms in total. The number of allylic oxidation sites excluding steroid dienone is 1. The summed E-state index contributed by atoms with van der Waals surface area (Å²) in [7, 11) is 0. The molecule has 0 saturated carbocycles. The molecule has 118 valence electrons. The minimum atomic E-state index is -0.365. The first-order valence-electron chi connectivity index (χ1n) is 7.20. The molecule has 23 heavy (non-hydrogen) atoms. The normalized spacial score (nSPS) is 10.8. The summed E-state index contributed by atoms with van der Waals surface area (Å²) in [4.78, 5) is 24.7. The Morgan fingerprint density at radius 1 is 1.22 bits per heavy atom. The van der Waals surface area contributed by atoms with Crippen LogP contribution in [0.1, 0.15) is 6.92 Å². The number of rotatable bonds is 5. The van der Waals surface area contributed by atoms with E-state index in [-0.39, 0.29) is 23.4 Å². The van der Waals surface area contributed by atoms with Crippen molar-refractivity contribution >= 4 is 5.65 Å². The van der Waals surface area contributed by atoms with Crippen LogP contribution in [0.15, 0.2) is 58.9 Å². The molecule has 0 aliphatic rings. The minimum absolute atomic E-state index is 0.0771. The zero-order valence-electron chi connectivity index (χ0n) is 12.7. The first-order valence-corrected chi connectivity index (χ1v) is 7.20. The van der Waals surface area contributed by atoms with Gasteiger partial charge in [-0.15, -0.1) is 11.7 Å². The molecule has 0 amide bonds. The lowest BCUT2D eigenvalue weighted by atomic mass is 10.3. The fourth-order valence-electron chi connectivity index (χ4n) is 2.32. The molecular weight excluding hydrogens is 296 g/mol. The zero-order valence-corrected chi connectivity index (χ0v) is 12.7. The largest absolute Gasteiger partial charge is 0.494 e. The van der Waals surface area contributed by atoms with E-state index in [1.165, 1.54) is 19.8 Å². The molecule has 0 spiro atoms. The Hall–Kier alpha value is -3.09. The van der Waals surface area contributed by atoms with Crippen molar-refractivity contribution in [2.24, 2.45) is 0 Å². The van der Waals surface area contributed by atoms with E-state index in [1.54, 1.807) is 36.5 Å². The molecule has 3 aromatic rings. The maximum absolute atomic E-state index is 12.6. The quantitative estimate of drug-likeness (QED) is 0.664. The van der Waals surface area contributed by atoms with Crippen LogP contribution in [-0.4, -0.2) is 25.4 Å². The molecule has 7 heteroatoms. The van der Waals surface area contributed by atoms with Gasteiger partial charge in [-0.3, -0.25) is 9.36 Å². The van der Waals surface area contributed by atoms with E-state index in [2.05, 4.69) is 11.7 Å². The minimum Gasteiger partial charge on any atom is -0.494 e. The second kappa shape index (κ2) is 5.96. The van der Waals surface area contributed by atoms with Crippen LogP contribution in [0.5, 0.6) is 5.75 Å². The van der Waals surface area contributed by atoms with Crippen LogP contribution in [0.2, 0.25) is 0 Å². The predicted molar refractivity (Wildman–Crippen MR) is 86.4 cm³/mol. The van der Waals surface area contributed by atoms with Gasteiger partial charge in [-0.1, -0.05) is 6.08 Å². The SMILES string of the molecule is C=CCn1nc2c(=O)n(-c3ccc(OCC)cc3)ccn2c1=O. The molecule has 1 aromatic carbocycles. The van der Waals surface area contributed by atoms with E-state index in [0.717, 1.165) is 5.75 Å². The van der Waals surface area contributed by atoms with Crippen molar-refractivity contribution in [3.63, 3.8) is 0 Å². The van der Waals surface area contributed by atoms with Crippen molar-refractivity contribution in [2.45, 2.75) is 13.5 Å². The van der Waals surface area contributed by atoms with E-state index in [0.29, 0.717) is 12.3 Å². The lowest BCUT2D eigenvalue weighted by molar-refractivity contribution is 0.340. The van der Waals surface area contributed by atoms with Crippen LogP contribution < -0.4 is 16.0 Å². The van der Waals surface area contributed by atoms with Crippen molar-refractivity contribution in [3.8, 4) is 11.4 Å². The monoisotopic (exact) mass is 312 g/mol. The molecule has 0 aliphatic carbocycles. The number of benzene rings is 1. The second-order valence-corrected chi connectivity index (χ2v) is 4.85. The molecule has 0 N–H and O–H groups in total. The van der Waals surface area contributed by atoms with Gasteiger partial charge >= 0.3 is 11.2 Å². The number of hydrogen-bond acceptors (Lipinski definition) is 4. The summed E-state index contributed by atoms with van der Waals surface area (Å²) in [5.74, 6) is 0.733. The number of ether oxygens (including phenoxy) is 1. The van der Waals surface area contributed by atoms with E-state index >= 15 is 0 Å². The van der Waals surface area contributed by atoms with Gasteiger partial charge < -0.3 is 4.74 Å². The van der Waals surface area contributed by atoms with Gasteiger partial charge in [0.2, 0.25) is 5.65 Å². The molecule has 2 heterocycles. The molecule has 0 fully saturated rings. The molecule has 2 aromatic heterocycles. The van der Waals surface area contributed by atoms with Gasteiger partial charge in [-0.2, -0.15) is 0 Å². The molecule has 0 bridgehead atoms. The zero-order chi connectivity index (χ0) is 16.4. The van der Waals surface area contributed by atoms with Gasteiger partial charge in [0.05, 0.1) is 13.2 Å².